The average Bonchev–Trinajstić information content (AvgIpc) is 3.58. The van der Waals surface area contributed by atoms with Crippen molar-refractivity contribution in [2.24, 2.45) is 0 Å². The first-order valence-corrected chi connectivity index (χ1v) is 13.5. The molecule has 0 saturated carbocycles. The van der Waals surface area contributed by atoms with Crippen molar-refractivity contribution in [1.82, 2.24) is 15.0 Å². The molecule has 2 heterocycles. The molecule has 0 aliphatic rings. The third-order valence-corrected chi connectivity index (χ3v) is 7.15. The highest BCUT2D eigenvalue weighted by Gasteiger charge is 2.19. The Morgan fingerprint density at radius 3 is 1.67 bits per heavy atom. The Hall–Kier alpha value is -5.87. The molecule has 202 valence electrons. The lowest BCUT2D eigenvalue weighted by atomic mass is 9.98. The molecule has 0 N–H and O–H groups in total. The Bertz CT molecular complexity index is 2640. The van der Waals surface area contributed by atoms with Crippen LogP contribution in [0.2, 0.25) is 0 Å². The molecule has 0 unspecified atom stereocenters. The van der Waals surface area contributed by atoms with Crippen LogP contribution in [0, 0.1) is 0 Å². The number of hydrogen-bond donors (Lipinski definition) is 0. The van der Waals surface area contributed by atoms with Gasteiger partial charge in [0.05, 0.1) is 13.7 Å². The topological polar surface area (TPSA) is 51.8 Å². The van der Waals surface area contributed by atoms with Crippen LogP contribution in [0.3, 0.4) is 0 Å². The maximum absolute atomic E-state index is 8.64. The van der Waals surface area contributed by atoms with E-state index in [0.29, 0.717) is 22.1 Å². The van der Waals surface area contributed by atoms with Crippen LogP contribution in [0.4, 0.5) is 0 Å². The summed E-state index contributed by atoms with van der Waals surface area (Å²) in [5.74, 6) is -0.704. The predicted octanol–water partition coefficient (Wildman–Crippen LogP) is 10.1. The van der Waals surface area contributed by atoms with E-state index in [1.807, 2.05) is 72.8 Å². The molecule has 43 heavy (non-hydrogen) atoms. The molecule has 2 aromatic heterocycles. The van der Waals surface area contributed by atoms with Crippen molar-refractivity contribution < 1.29 is 18.1 Å². The first kappa shape index (κ1) is 16.5. The van der Waals surface area contributed by atoms with Gasteiger partial charge in [-0.05, 0) is 22.8 Å². The van der Waals surface area contributed by atoms with Crippen molar-refractivity contribution in [3.8, 4) is 56.4 Å². The smallest absolute Gasteiger partial charge is 0.164 e. The van der Waals surface area contributed by atoms with Crippen LogP contribution in [0.15, 0.2) is 156 Å². The molecule has 8 rings (SSSR count). The fraction of sp³-hybridized carbons (Fsp3) is 0. The number of aromatic nitrogens is 3. The standard InChI is InChI=1S/C39H25N3O/c1-4-12-26(13-5-1)27-22-24-28(25-23-27)31-18-10-19-32-35-33(20-11-21-34(35)43-36(31)32)39-41-37(29-14-6-2-7-15-29)40-38(42-39)30-16-8-3-9-17-30/h1-25H/i2D,3D,6D,7D,8D,9D,14D,15D,16D,17D. The number of para-hydroxylation sites is 1. The molecule has 0 radical (unpaired) electrons. The summed E-state index contributed by atoms with van der Waals surface area (Å²) in [4.78, 5) is 13.6. The van der Waals surface area contributed by atoms with E-state index >= 15 is 0 Å². The highest BCUT2D eigenvalue weighted by Crippen LogP contribution is 2.40. The second kappa shape index (κ2) is 10.5. The van der Waals surface area contributed by atoms with Crippen LogP contribution < -0.4 is 0 Å². The minimum Gasteiger partial charge on any atom is -0.455 e. The lowest BCUT2D eigenvalue weighted by Crippen LogP contribution is -2.00. The van der Waals surface area contributed by atoms with Gasteiger partial charge in [0.1, 0.15) is 11.2 Å². The summed E-state index contributed by atoms with van der Waals surface area (Å²) >= 11 is 0. The molecule has 0 atom stereocenters. The Morgan fingerprint density at radius 1 is 0.442 bits per heavy atom. The van der Waals surface area contributed by atoms with Gasteiger partial charge in [-0.25, -0.2) is 15.0 Å². The van der Waals surface area contributed by atoms with Gasteiger partial charge in [0.25, 0.3) is 0 Å². The largest absolute Gasteiger partial charge is 0.455 e. The Morgan fingerprint density at radius 2 is 1.00 bits per heavy atom. The zero-order valence-electron chi connectivity index (χ0n) is 32.4. The third-order valence-electron chi connectivity index (χ3n) is 7.15. The molecule has 0 aliphatic heterocycles. The van der Waals surface area contributed by atoms with Gasteiger partial charge in [-0.1, -0.05) is 145 Å². The number of rotatable bonds is 5. The Kier molecular flexibility index (Phi) is 4.04. The normalized spacial score (nSPS) is 14.5. The lowest BCUT2D eigenvalue weighted by molar-refractivity contribution is 0.670. The first-order chi connectivity index (χ1) is 25.5. The van der Waals surface area contributed by atoms with Crippen molar-refractivity contribution in [3.63, 3.8) is 0 Å². The van der Waals surface area contributed by atoms with E-state index in [1.165, 1.54) is 0 Å². The maximum atomic E-state index is 8.64. The van der Waals surface area contributed by atoms with E-state index in [2.05, 4.69) is 15.0 Å². The van der Waals surface area contributed by atoms with Crippen LogP contribution in [0.5, 0.6) is 0 Å². The molecule has 0 bridgehead atoms. The highest BCUT2D eigenvalue weighted by atomic mass is 16.3. The summed E-state index contributed by atoms with van der Waals surface area (Å²) in [7, 11) is 0. The Balaban J connectivity index is 1.38. The molecule has 0 aliphatic carbocycles. The molecule has 4 nitrogen and oxygen atoms in total. The molecule has 0 fully saturated rings. The van der Waals surface area contributed by atoms with Gasteiger partial charge in [-0.15, -0.1) is 0 Å². The van der Waals surface area contributed by atoms with Crippen LogP contribution in [0.25, 0.3) is 78.4 Å². The van der Waals surface area contributed by atoms with Crippen LogP contribution >= 0.6 is 0 Å². The highest BCUT2D eigenvalue weighted by molar-refractivity contribution is 6.15. The number of furan rings is 1. The monoisotopic (exact) mass is 561 g/mol. The van der Waals surface area contributed by atoms with Crippen molar-refractivity contribution in [3.05, 3.63) is 151 Å². The number of fused-ring (bicyclic) bond motifs is 3. The minimum absolute atomic E-state index is 0.0328. The second-order valence-corrected chi connectivity index (χ2v) is 9.71. The maximum Gasteiger partial charge on any atom is 0.164 e. The fourth-order valence-electron chi connectivity index (χ4n) is 5.18. The van der Waals surface area contributed by atoms with Gasteiger partial charge in [0.15, 0.2) is 17.5 Å². The quantitative estimate of drug-likeness (QED) is 0.210. The summed E-state index contributed by atoms with van der Waals surface area (Å²) in [6.07, 6.45) is 0. The molecule has 8 aromatic rings. The van der Waals surface area contributed by atoms with Crippen LogP contribution in [0.1, 0.15) is 13.7 Å². The van der Waals surface area contributed by atoms with Gasteiger partial charge < -0.3 is 4.42 Å². The third kappa shape index (κ3) is 4.55. The zero-order valence-corrected chi connectivity index (χ0v) is 22.4. The lowest BCUT2D eigenvalue weighted by Gasteiger charge is -2.09. The first-order valence-electron chi connectivity index (χ1n) is 18.5. The van der Waals surface area contributed by atoms with E-state index in [4.69, 9.17) is 18.1 Å². The van der Waals surface area contributed by atoms with E-state index in [9.17, 15) is 0 Å². The number of hydrogen-bond acceptors (Lipinski definition) is 4. The van der Waals surface area contributed by atoms with E-state index in [1.54, 1.807) is 18.2 Å². The van der Waals surface area contributed by atoms with Crippen LogP contribution in [-0.2, 0) is 0 Å². The predicted molar refractivity (Wildman–Crippen MR) is 174 cm³/mol. The SMILES string of the molecule is [2H]c1c([2H])c([2H])c(-c2nc(-c3c([2H])c([2H])c([2H])c([2H])c3[2H])nc(-c3cccc4oc5c(-c6ccc(-c7ccccc7)cc6)cccc5c34)n2)c([2H])c1[2H]. The second-order valence-electron chi connectivity index (χ2n) is 9.71. The van der Waals surface area contributed by atoms with Crippen molar-refractivity contribution in [2.75, 3.05) is 0 Å². The zero-order chi connectivity index (χ0) is 37.3. The van der Waals surface area contributed by atoms with Gasteiger partial charge in [-0.3, -0.25) is 0 Å². The molecule has 4 heteroatoms. The summed E-state index contributed by atoms with van der Waals surface area (Å²) in [6, 6.07) is 23.2. The van der Waals surface area contributed by atoms with E-state index < -0.39 is 60.4 Å². The summed E-state index contributed by atoms with van der Waals surface area (Å²) in [5, 5.41) is 1.32. The van der Waals surface area contributed by atoms with Gasteiger partial charge >= 0.3 is 0 Å². The molecular formula is C39H25N3O. The van der Waals surface area contributed by atoms with E-state index in [-0.39, 0.29) is 28.6 Å². The van der Waals surface area contributed by atoms with Gasteiger partial charge in [0, 0.05) is 33.0 Å². The minimum atomic E-state index is -0.611. The number of nitrogens with zero attached hydrogens (tertiary/aromatic N) is 3. The molecule has 6 aromatic carbocycles. The Labute approximate surface area is 263 Å². The summed E-state index contributed by atoms with van der Waals surface area (Å²) in [6.45, 7) is 0. The fourth-order valence-corrected chi connectivity index (χ4v) is 5.18. The molecule has 0 spiro atoms. The number of benzene rings is 6. The summed E-state index contributed by atoms with van der Waals surface area (Å²) < 4.78 is 90.3. The van der Waals surface area contributed by atoms with Gasteiger partial charge in [-0.2, -0.15) is 0 Å². The van der Waals surface area contributed by atoms with Crippen molar-refractivity contribution in [2.45, 2.75) is 0 Å². The molecule has 0 saturated heterocycles. The van der Waals surface area contributed by atoms with Crippen molar-refractivity contribution >= 4 is 21.9 Å². The van der Waals surface area contributed by atoms with Crippen LogP contribution in [-0.4, -0.2) is 15.0 Å². The van der Waals surface area contributed by atoms with Gasteiger partial charge in [0.2, 0.25) is 0 Å². The summed E-state index contributed by atoms with van der Waals surface area (Å²) in [5.41, 5.74) is 4.73. The molecular weight excluding hydrogens is 526 g/mol. The van der Waals surface area contributed by atoms with E-state index in [0.717, 1.165) is 27.6 Å². The molecule has 0 amide bonds. The van der Waals surface area contributed by atoms with Crippen molar-refractivity contribution in [1.29, 1.82) is 0 Å². The average molecular weight is 562 g/mol.